The molecule has 2 N–H and O–H groups in total. The minimum atomic E-state index is 0.187. The maximum atomic E-state index is 9.15. The fourth-order valence-electron chi connectivity index (χ4n) is 1.56. The monoisotopic (exact) mass is 241 g/mol. The Morgan fingerprint density at radius 1 is 1.25 bits per heavy atom. The summed E-state index contributed by atoms with van der Waals surface area (Å²) in [6.07, 6.45) is 0.959. The maximum Gasteiger partial charge on any atom is 0.0587 e. The van der Waals surface area contributed by atoms with Crippen molar-refractivity contribution < 1.29 is 5.11 Å². The standard InChI is InChI=1S/C13H20ClNO/c1-10(2)13(9-16)15-8-7-11-3-5-12(14)6-4-11/h3-6,10,13,15-16H,7-9H2,1-2H3. The quantitative estimate of drug-likeness (QED) is 0.802. The molecule has 0 fully saturated rings. The SMILES string of the molecule is CC(C)C(CO)NCCc1ccc(Cl)cc1. The van der Waals surface area contributed by atoms with E-state index in [2.05, 4.69) is 19.2 Å². The topological polar surface area (TPSA) is 32.3 Å². The van der Waals surface area contributed by atoms with Gasteiger partial charge in [-0.2, -0.15) is 0 Å². The highest BCUT2D eigenvalue weighted by atomic mass is 35.5. The van der Waals surface area contributed by atoms with E-state index in [0.717, 1.165) is 18.0 Å². The highest BCUT2D eigenvalue weighted by Crippen LogP contribution is 2.09. The normalized spacial score (nSPS) is 13.1. The van der Waals surface area contributed by atoms with Crippen LogP contribution < -0.4 is 5.32 Å². The summed E-state index contributed by atoms with van der Waals surface area (Å²) in [7, 11) is 0. The van der Waals surface area contributed by atoms with Gasteiger partial charge in [-0.05, 0) is 36.6 Å². The van der Waals surface area contributed by atoms with E-state index in [1.54, 1.807) is 0 Å². The summed E-state index contributed by atoms with van der Waals surface area (Å²) >= 11 is 5.81. The van der Waals surface area contributed by atoms with Gasteiger partial charge in [0.25, 0.3) is 0 Å². The Morgan fingerprint density at radius 2 is 1.88 bits per heavy atom. The molecule has 3 heteroatoms. The van der Waals surface area contributed by atoms with Crippen LogP contribution >= 0.6 is 11.6 Å². The van der Waals surface area contributed by atoms with Crippen molar-refractivity contribution in [1.82, 2.24) is 5.32 Å². The third-order valence-electron chi connectivity index (χ3n) is 2.73. The first-order valence-electron chi connectivity index (χ1n) is 5.72. The first kappa shape index (κ1) is 13.5. The highest BCUT2D eigenvalue weighted by Gasteiger charge is 2.10. The van der Waals surface area contributed by atoms with Crippen LogP contribution in [0.2, 0.25) is 5.02 Å². The minimum absolute atomic E-state index is 0.187. The van der Waals surface area contributed by atoms with Gasteiger partial charge in [0.2, 0.25) is 0 Å². The van der Waals surface area contributed by atoms with Crippen LogP contribution in [0.5, 0.6) is 0 Å². The summed E-state index contributed by atoms with van der Waals surface area (Å²) < 4.78 is 0. The Hall–Kier alpha value is -0.570. The Kier molecular flexibility index (Phi) is 5.81. The van der Waals surface area contributed by atoms with Gasteiger partial charge in [0, 0.05) is 11.1 Å². The van der Waals surface area contributed by atoms with Gasteiger partial charge in [-0.15, -0.1) is 0 Å². The van der Waals surface area contributed by atoms with Crippen molar-refractivity contribution in [2.45, 2.75) is 26.3 Å². The number of aliphatic hydroxyl groups is 1. The molecule has 1 aromatic rings. The van der Waals surface area contributed by atoms with Crippen LogP contribution in [-0.4, -0.2) is 24.3 Å². The second kappa shape index (κ2) is 6.89. The fraction of sp³-hybridized carbons (Fsp3) is 0.538. The van der Waals surface area contributed by atoms with E-state index in [4.69, 9.17) is 16.7 Å². The second-order valence-corrected chi connectivity index (χ2v) is 4.80. The summed E-state index contributed by atoms with van der Waals surface area (Å²) in [6.45, 7) is 5.29. The Bertz CT molecular complexity index is 297. The van der Waals surface area contributed by atoms with Gasteiger partial charge in [0.1, 0.15) is 0 Å². The van der Waals surface area contributed by atoms with Crippen LogP contribution in [0.15, 0.2) is 24.3 Å². The lowest BCUT2D eigenvalue weighted by molar-refractivity contribution is 0.212. The van der Waals surface area contributed by atoms with Crippen molar-refractivity contribution in [3.8, 4) is 0 Å². The van der Waals surface area contributed by atoms with Crippen molar-refractivity contribution in [3.05, 3.63) is 34.9 Å². The number of benzene rings is 1. The van der Waals surface area contributed by atoms with Gasteiger partial charge in [-0.3, -0.25) is 0 Å². The zero-order valence-electron chi connectivity index (χ0n) is 9.91. The molecule has 1 aromatic carbocycles. The number of hydrogen-bond acceptors (Lipinski definition) is 2. The largest absolute Gasteiger partial charge is 0.395 e. The zero-order valence-corrected chi connectivity index (χ0v) is 10.7. The first-order chi connectivity index (χ1) is 7.63. The Labute approximate surface area is 103 Å². The van der Waals surface area contributed by atoms with Gasteiger partial charge in [-0.1, -0.05) is 37.6 Å². The third kappa shape index (κ3) is 4.52. The Morgan fingerprint density at radius 3 is 2.38 bits per heavy atom. The average molecular weight is 242 g/mol. The van der Waals surface area contributed by atoms with Gasteiger partial charge >= 0.3 is 0 Å². The van der Waals surface area contributed by atoms with Crippen LogP contribution in [0.4, 0.5) is 0 Å². The lowest BCUT2D eigenvalue weighted by Crippen LogP contribution is -2.38. The van der Waals surface area contributed by atoms with Crippen molar-refractivity contribution in [1.29, 1.82) is 0 Å². The Balaban J connectivity index is 2.32. The molecule has 1 unspecified atom stereocenters. The van der Waals surface area contributed by atoms with Crippen LogP contribution in [0.3, 0.4) is 0 Å². The highest BCUT2D eigenvalue weighted by molar-refractivity contribution is 6.30. The third-order valence-corrected chi connectivity index (χ3v) is 2.99. The zero-order chi connectivity index (χ0) is 12.0. The van der Waals surface area contributed by atoms with E-state index in [1.807, 2.05) is 24.3 Å². The van der Waals surface area contributed by atoms with Gasteiger partial charge < -0.3 is 10.4 Å². The molecule has 16 heavy (non-hydrogen) atoms. The van der Waals surface area contributed by atoms with Crippen molar-refractivity contribution in [2.24, 2.45) is 5.92 Å². The van der Waals surface area contributed by atoms with Crippen molar-refractivity contribution >= 4 is 11.6 Å². The molecule has 0 saturated carbocycles. The molecule has 1 rings (SSSR count). The van der Waals surface area contributed by atoms with E-state index < -0.39 is 0 Å². The average Bonchev–Trinajstić information content (AvgIpc) is 2.26. The summed E-state index contributed by atoms with van der Waals surface area (Å²) in [5.74, 6) is 0.454. The fourth-order valence-corrected chi connectivity index (χ4v) is 1.69. The summed E-state index contributed by atoms with van der Waals surface area (Å²) in [5.41, 5.74) is 1.26. The summed E-state index contributed by atoms with van der Waals surface area (Å²) in [6, 6.07) is 8.07. The van der Waals surface area contributed by atoms with Gasteiger partial charge in [0.05, 0.1) is 6.61 Å². The molecule has 0 heterocycles. The molecule has 0 spiro atoms. The van der Waals surface area contributed by atoms with Crippen molar-refractivity contribution in [3.63, 3.8) is 0 Å². The van der Waals surface area contributed by atoms with E-state index in [9.17, 15) is 0 Å². The van der Waals surface area contributed by atoms with Crippen LogP contribution in [0.25, 0.3) is 0 Å². The molecule has 0 amide bonds. The van der Waals surface area contributed by atoms with E-state index in [1.165, 1.54) is 5.56 Å². The van der Waals surface area contributed by atoms with E-state index in [0.29, 0.717) is 5.92 Å². The lowest BCUT2D eigenvalue weighted by Gasteiger charge is -2.19. The molecule has 0 radical (unpaired) electrons. The molecule has 0 aliphatic heterocycles. The molecule has 1 atom stereocenters. The van der Waals surface area contributed by atoms with Crippen LogP contribution in [-0.2, 0) is 6.42 Å². The number of halogens is 1. The summed E-state index contributed by atoms with van der Waals surface area (Å²) in [4.78, 5) is 0. The predicted molar refractivity (Wildman–Crippen MR) is 68.9 cm³/mol. The lowest BCUT2D eigenvalue weighted by atomic mass is 10.1. The van der Waals surface area contributed by atoms with E-state index >= 15 is 0 Å². The number of nitrogens with one attached hydrogen (secondary N) is 1. The minimum Gasteiger partial charge on any atom is -0.395 e. The number of rotatable bonds is 6. The van der Waals surface area contributed by atoms with E-state index in [-0.39, 0.29) is 12.6 Å². The molecule has 90 valence electrons. The van der Waals surface area contributed by atoms with Crippen LogP contribution in [0.1, 0.15) is 19.4 Å². The van der Waals surface area contributed by atoms with Gasteiger partial charge in [0.15, 0.2) is 0 Å². The molecule has 0 bridgehead atoms. The smallest absolute Gasteiger partial charge is 0.0587 e. The number of hydrogen-bond donors (Lipinski definition) is 2. The molecule has 0 aliphatic carbocycles. The molecular formula is C13H20ClNO. The molecule has 0 aliphatic rings. The first-order valence-corrected chi connectivity index (χ1v) is 6.10. The molecule has 2 nitrogen and oxygen atoms in total. The van der Waals surface area contributed by atoms with Gasteiger partial charge in [-0.25, -0.2) is 0 Å². The second-order valence-electron chi connectivity index (χ2n) is 4.36. The predicted octanol–water partition coefficient (Wildman–Crippen LogP) is 2.49. The number of aliphatic hydroxyl groups excluding tert-OH is 1. The summed E-state index contributed by atoms with van der Waals surface area (Å²) in [5, 5.41) is 13.3. The maximum absolute atomic E-state index is 9.15. The molecule has 0 saturated heterocycles. The molecular weight excluding hydrogens is 222 g/mol. The van der Waals surface area contributed by atoms with Crippen molar-refractivity contribution in [2.75, 3.05) is 13.2 Å². The van der Waals surface area contributed by atoms with Crippen LogP contribution in [0, 0.1) is 5.92 Å². The molecule has 0 aromatic heterocycles.